The van der Waals surface area contributed by atoms with Gasteiger partial charge in [-0.05, 0) is 37.0 Å². The lowest BCUT2D eigenvalue weighted by atomic mass is 10.2. The van der Waals surface area contributed by atoms with Crippen molar-refractivity contribution >= 4 is 46.2 Å². The van der Waals surface area contributed by atoms with E-state index < -0.39 is 11.9 Å². The number of hydrogen-bond donors (Lipinski definition) is 2. The van der Waals surface area contributed by atoms with Gasteiger partial charge in [0.05, 0.1) is 16.7 Å². The Hall–Kier alpha value is -2.06. The fourth-order valence-electron chi connectivity index (χ4n) is 2.55. The van der Waals surface area contributed by atoms with E-state index in [2.05, 4.69) is 15.6 Å². The zero-order chi connectivity index (χ0) is 19.6. The molecule has 27 heavy (non-hydrogen) atoms. The summed E-state index contributed by atoms with van der Waals surface area (Å²) in [6, 6.07) is 4.66. The predicted molar refractivity (Wildman–Crippen MR) is 106 cm³/mol. The van der Waals surface area contributed by atoms with Crippen molar-refractivity contribution in [2.45, 2.75) is 44.4 Å². The molecule has 1 heterocycles. The zero-order valence-electron chi connectivity index (χ0n) is 15.1. The second-order valence-corrected chi connectivity index (χ2v) is 8.33. The van der Waals surface area contributed by atoms with Gasteiger partial charge in [-0.25, -0.2) is 9.78 Å². The van der Waals surface area contributed by atoms with Gasteiger partial charge in [-0.15, -0.1) is 0 Å². The Kier molecular flexibility index (Phi) is 6.06. The monoisotopic (exact) mass is 408 g/mol. The van der Waals surface area contributed by atoms with Gasteiger partial charge in [-0.2, -0.15) is 0 Å². The Balaban J connectivity index is 1.79. The fraction of sp³-hybridized carbons (Fsp3) is 0.444. The minimum Gasteiger partial charge on any atom is -0.335 e. The number of carbonyl (C=O) groups is 2. The van der Waals surface area contributed by atoms with E-state index in [9.17, 15) is 14.4 Å². The first kappa shape index (κ1) is 19.7. The number of imide groups is 1. The first-order chi connectivity index (χ1) is 12.8. The van der Waals surface area contributed by atoms with Crippen molar-refractivity contribution in [2.75, 3.05) is 5.75 Å². The van der Waals surface area contributed by atoms with Crippen LogP contribution in [0.1, 0.15) is 26.7 Å². The van der Waals surface area contributed by atoms with Crippen LogP contribution >= 0.6 is 23.4 Å². The highest BCUT2D eigenvalue weighted by atomic mass is 35.5. The van der Waals surface area contributed by atoms with Crippen LogP contribution in [0.5, 0.6) is 0 Å². The van der Waals surface area contributed by atoms with E-state index >= 15 is 0 Å². The summed E-state index contributed by atoms with van der Waals surface area (Å²) >= 11 is 7.14. The first-order valence-corrected chi connectivity index (χ1v) is 10.1. The summed E-state index contributed by atoms with van der Waals surface area (Å²) in [6.07, 6.45) is 1.89. The molecule has 2 N–H and O–H groups in total. The number of rotatable bonds is 6. The van der Waals surface area contributed by atoms with Crippen molar-refractivity contribution in [3.8, 4) is 0 Å². The lowest BCUT2D eigenvalue weighted by Gasteiger charge is -2.15. The number of fused-ring (bicyclic) bond motifs is 1. The van der Waals surface area contributed by atoms with Crippen LogP contribution in [0.15, 0.2) is 28.2 Å². The molecule has 0 aliphatic heterocycles. The van der Waals surface area contributed by atoms with Gasteiger partial charge < -0.3 is 5.32 Å². The van der Waals surface area contributed by atoms with Gasteiger partial charge >= 0.3 is 6.03 Å². The Morgan fingerprint density at radius 2 is 2.11 bits per heavy atom. The fourth-order valence-corrected chi connectivity index (χ4v) is 3.53. The van der Waals surface area contributed by atoms with E-state index in [1.165, 1.54) is 0 Å². The second kappa shape index (κ2) is 8.31. The number of hydrogen-bond acceptors (Lipinski definition) is 5. The van der Waals surface area contributed by atoms with E-state index in [0.29, 0.717) is 27.6 Å². The standard InChI is InChI=1S/C18H21ClN4O3S/c1-10(2)8-23-16(25)13-7-11(19)3-6-14(13)21-18(23)27-9-15(24)22-17(26)20-12-4-5-12/h3,6-7,10,12H,4-5,8-9H2,1-2H3,(H2,20,22,24,26). The Morgan fingerprint density at radius 1 is 1.37 bits per heavy atom. The highest BCUT2D eigenvalue weighted by Crippen LogP contribution is 2.21. The first-order valence-electron chi connectivity index (χ1n) is 8.76. The zero-order valence-corrected chi connectivity index (χ0v) is 16.7. The van der Waals surface area contributed by atoms with E-state index in [-0.39, 0.29) is 23.3 Å². The summed E-state index contributed by atoms with van der Waals surface area (Å²) in [5.41, 5.74) is 0.337. The maximum atomic E-state index is 12.9. The highest BCUT2D eigenvalue weighted by Gasteiger charge is 2.24. The number of nitrogens with zero attached hydrogens (tertiary/aromatic N) is 2. The molecule has 2 aromatic rings. The molecule has 0 radical (unpaired) electrons. The van der Waals surface area contributed by atoms with Crippen molar-refractivity contribution in [3.05, 3.63) is 33.6 Å². The van der Waals surface area contributed by atoms with Gasteiger partial charge in [0.15, 0.2) is 5.16 Å². The quantitative estimate of drug-likeness (QED) is 0.566. The van der Waals surface area contributed by atoms with Crippen LogP contribution in [0, 0.1) is 5.92 Å². The minimum atomic E-state index is -0.483. The maximum Gasteiger partial charge on any atom is 0.321 e. The maximum absolute atomic E-state index is 12.9. The second-order valence-electron chi connectivity index (χ2n) is 6.95. The smallest absolute Gasteiger partial charge is 0.321 e. The highest BCUT2D eigenvalue weighted by molar-refractivity contribution is 7.99. The molecule has 1 aliphatic carbocycles. The van der Waals surface area contributed by atoms with Gasteiger partial charge in [-0.3, -0.25) is 19.5 Å². The molecule has 1 fully saturated rings. The summed E-state index contributed by atoms with van der Waals surface area (Å²) in [5, 5.41) is 6.36. The van der Waals surface area contributed by atoms with Crippen LogP contribution in [0.4, 0.5) is 4.79 Å². The third-order valence-corrected chi connectivity index (χ3v) is 5.14. The van der Waals surface area contributed by atoms with E-state index in [0.717, 1.165) is 24.6 Å². The lowest BCUT2D eigenvalue weighted by molar-refractivity contribution is -0.117. The molecule has 144 valence electrons. The van der Waals surface area contributed by atoms with Crippen molar-refractivity contribution in [1.29, 1.82) is 0 Å². The van der Waals surface area contributed by atoms with Crippen LogP contribution in [-0.2, 0) is 11.3 Å². The summed E-state index contributed by atoms with van der Waals surface area (Å²) in [7, 11) is 0. The van der Waals surface area contributed by atoms with Crippen LogP contribution in [0.2, 0.25) is 5.02 Å². The third-order valence-electron chi connectivity index (χ3n) is 3.93. The number of carbonyl (C=O) groups excluding carboxylic acids is 2. The molecule has 0 saturated heterocycles. The van der Waals surface area contributed by atoms with Crippen molar-refractivity contribution < 1.29 is 9.59 Å². The van der Waals surface area contributed by atoms with Crippen molar-refractivity contribution in [3.63, 3.8) is 0 Å². The van der Waals surface area contributed by atoms with Crippen molar-refractivity contribution in [1.82, 2.24) is 20.2 Å². The Morgan fingerprint density at radius 3 is 2.78 bits per heavy atom. The van der Waals surface area contributed by atoms with E-state index in [1.807, 2.05) is 13.8 Å². The molecule has 1 aromatic heterocycles. The number of urea groups is 1. The average molecular weight is 409 g/mol. The predicted octanol–water partition coefficient (Wildman–Crippen LogP) is 2.79. The molecule has 3 rings (SSSR count). The van der Waals surface area contributed by atoms with Gasteiger partial charge in [0, 0.05) is 17.6 Å². The summed E-state index contributed by atoms with van der Waals surface area (Å²) < 4.78 is 1.56. The number of amides is 3. The molecule has 0 unspecified atom stereocenters. The molecule has 7 nitrogen and oxygen atoms in total. The van der Waals surface area contributed by atoms with Crippen LogP contribution in [-0.4, -0.2) is 33.3 Å². The summed E-state index contributed by atoms with van der Waals surface area (Å²) in [4.78, 5) is 41.1. The topological polar surface area (TPSA) is 93.1 Å². The number of nitrogens with one attached hydrogen (secondary N) is 2. The molecule has 0 bridgehead atoms. The molecule has 3 amide bonds. The van der Waals surface area contributed by atoms with E-state index in [4.69, 9.17) is 11.6 Å². The molecule has 1 aliphatic rings. The molecule has 1 aromatic carbocycles. The molecule has 0 atom stereocenters. The molecule has 9 heteroatoms. The molecular formula is C18H21ClN4O3S. The number of benzene rings is 1. The largest absolute Gasteiger partial charge is 0.335 e. The minimum absolute atomic E-state index is 0.0122. The Labute approximate surface area is 165 Å². The molecule has 0 spiro atoms. The Bertz CT molecular complexity index is 940. The van der Waals surface area contributed by atoms with Gasteiger partial charge in [0.1, 0.15) is 0 Å². The number of halogens is 1. The van der Waals surface area contributed by atoms with Crippen LogP contribution in [0.25, 0.3) is 10.9 Å². The van der Waals surface area contributed by atoms with Crippen LogP contribution < -0.4 is 16.2 Å². The van der Waals surface area contributed by atoms with E-state index in [1.54, 1.807) is 22.8 Å². The van der Waals surface area contributed by atoms with Crippen LogP contribution in [0.3, 0.4) is 0 Å². The number of thioether (sulfide) groups is 1. The van der Waals surface area contributed by atoms with Gasteiger partial charge in [0.2, 0.25) is 5.91 Å². The molecular weight excluding hydrogens is 388 g/mol. The summed E-state index contributed by atoms with van der Waals surface area (Å²) in [5.74, 6) is -0.222. The third kappa shape index (κ3) is 5.23. The average Bonchev–Trinajstić information content (AvgIpc) is 3.40. The summed E-state index contributed by atoms with van der Waals surface area (Å²) in [6.45, 7) is 4.47. The normalized spacial score (nSPS) is 13.8. The lowest BCUT2D eigenvalue weighted by Crippen LogP contribution is -2.41. The van der Waals surface area contributed by atoms with Gasteiger partial charge in [0.25, 0.3) is 5.56 Å². The van der Waals surface area contributed by atoms with Crippen molar-refractivity contribution in [2.24, 2.45) is 5.92 Å². The SMILES string of the molecule is CC(C)Cn1c(SCC(=O)NC(=O)NC2CC2)nc2ccc(Cl)cc2c1=O. The molecule has 1 saturated carbocycles. The van der Waals surface area contributed by atoms with Gasteiger partial charge in [-0.1, -0.05) is 37.2 Å². The number of aromatic nitrogens is 2.